The van der Waals surface area contributed by atoms with Gasteiger partial charge in [0.25, 0.3) is 0 Å². The van der Waals surface area contributed by atoms with E-state index < -0.39 is 11.9 Å². The zero-order valence-corrected chi connectivity index (χ0v) is 7.88. The highest BCUT2D eigenvalue weighted by atomic mass is 79.9. The smallest absolute Gasteiger partial charge is 0.129 e. The van der Waals surface area contributed by atoms with Crippen LogP contribution in [0, 0.1) is 5.82 Å². The summed E-state index contributed by atoms with van der Waals surface area (Å²) in [6.07, 6.45) is 0. The van der Waals surface area contributed by atoms with Gasteiger partial charge in [0.15, 0.2) is 0 Å². The third-order valence-corrected chi connectivity index (χ3v) is 2.05. The lowest BCUT2D eigenvalue weighted by molar-refractivity contribution is 0.265. The molecule has 0 aliphatic heterocycles. The maximum atomic E-state index is 13.1. The first kappa shape index (κ1) is 9.64. The van der Waals surface area contributed by atoms with Crippen LogP contribution in [0.4, 0.5) is 4.39 Å². The molecule has 1 atom stereocenters. The van der Waals surface area contributed by atoms with E-state index in [0.717, 1.165) is 0 Å². The lowest BCUT2D eigenvalue weighted by Crippen LogP contribution is -2.15. The molecule has 0 saturated heterocycles. The van der Waals surface area contributed by atoms with Crippen molar-refractivity contribution in [3.05, 3.63) is 34.1 Å². The van der Waals surface area contributed by atoms with Crippen LogP contribution in [0.2, 0.25) is 0 Å². The van der Waals surface area contributed by atoms with Crippen LogP contribution in [0.5, 0.6) is 0 Å². The molecule has 1 aromatic carbocycles. The number of aliphatic hydroxyl groups is 1. The second kappa shape index (κ2) is 3.98. The molecule has 1 aromatic rings. The third-order valence-electron chi connectivity index (χ3n) is 1.56. The summed E-state index contributed by atoms with van der Waals surface area (Å²) in [6, 6.07) is 3.93. The predicted octanol–water partition coefficient (Wildman–Crippen LogP) is 1.58. The van der Waals surface area contributed by atoms with E-state index in [9.17, 15) is 4.39 Å². The zero-order chi connectivity index (χ0) is 9.14. The minimum Gasteiger partial charge on any atom is -0.394 e. The first-order chi connectivity index (χ1) is 5.65. The maximum Gasteiger partial charge on any atom is 0.129 e. The molecule has 3 N–H and O–H groups in total. The third kappa shape index (κ3) is 2.03. The molecule has 0 aromatic heterocycles. The molecular weight excluding hydrogens is 225 g/mol. The lowest BCUT2D eigenvalue weighted by Gasteiger charge is -2.09. The summed E-state index contributed by atoms with van der Waals surface area (Å²) in [5.41, 5.74) is 5.77. The van der Waals surface area contributed by atoms with E-state index in [4.69, 9.17) is 10.8 Å². The van der Waals surface area contributed by atoms with E-state index in [1.165, 1.54) is 6.07 Å². The van der Waals surface area contributed by atoms with Crippen molar-refractivity contribution in [2.75, 3.05) is 6.61 Å². The summed E-state index contributed by atoms with van der Waals surface area (Å²) >= 11 is 3.12. The SMILES string of the molecule is NC(CO)c1ccc(Br)cc1F. The Kier molecular flexibility index (Phi) is 3.20. The predicted molar refractivity (Wildman–Crippen MR) is 48.1 cm³/mol. The number of benzene rings is 1. The van der Waals surface area contributed by atoms with Gasteiger partial charge >= 0.3 is 0 Å². The average molecular weight is 234 g/mol. The minimum atomic E-state index is -0.641. The number of halogens is 2. The minimum absolute atomic E-state index is 0.251. The van der Waals surface area contributed by atoms with Gasteiger partial charge in [-0.05, 0) is 12.1 Å². The molecular formula is C8H9BrFNO. The van der Waals surface area contributed by atoms with Crippen molar-refractivity contribution in [1.82, 2.24) is 0 Å². The van der Waals surface area contributed by atoms with Gasteiger partial charge in [-0.15, -0.1) is 0 Å². The quantitative estimate of drug-likeness (QED) is 0.815. The van der Waals surface area contributed by atoms with Crippen LogP contribution in [0.25, 0.3) is 0 Å². The topological polar surface area (TPSA) is 46.2 Å². The van der Waals surface area contributed by atoms with E-state index in [-0.39, 0.29) is 6.61 Å². The molecule has 0 aliphatic carbocycles. The molecule has 1 rings (SSSR count). The van der Waals surface area contributed by atoms with Gasteiger partial charge in [-0.2, -0.15) is 0 Å². The van der Waals surface area contributed by atoms with Crippen LogP contribution in [-0.2, 0) is 0 Å². The van der Waals surface area contributed by atoms with E-state index in [1.54, 1.807) is 12.1 Å². The van der Waals surface area contributed by atoms with E-state index >= 15 is 0 Å². The van der Waals surface area contributed by atoms with E-state index in [0.29, 0.717) is 10.0 Å². The molecule has 1 unspecified atom stereocenters. The summed E-state index contributed by atoms with van der Waals surface area (Å²) in [5.74, 6) is -0.397. The molecule has 0 amide bonds. The van der Waals surface area contributed by atoms with Gasteiger partial charge in [-0.25, -0.2) is 4.39 Å². The summed E-state index contributed by atoms with van der Waals surface area (Å²) in [7, 11) is 0. The Labute approximate surface area is 78.3 Å². The molecule has 0 aliphatic rings. The maximum absolute atomic E-state index is 13.1. The van der Waals surface area contributed by atoms with Gasteiger partial charge in [0, 0.05) is 10.0 Å². The summed E-state index contributed by atoms with van der Waals surface area (Å²) in [6.45, 7) is -0.251. The average Bonchev–Trinajstić information content (AvgIpc) is 2.03. The zero-order valence-electron chi connectivity index (χ0n) is 6.30. The van der Waals surface area contributed by atoms with Crippen molar-refractivity contribution >= 4 is 15.9 Å². The fourth-order valence-corrected chi connectivity index (χ4v) is 1.23. The largest absolute Gasteiger partial charge is 0.394 e. The fourth-order valence-electron chi connectivity index (χ4n) is 0.901. The number of rotatable bonds is 2. The van der Waals surface area contributed by atoms with Crippen LogP contribution >= 0.6 is 15.9 Å². The monoisotopic (exact) mass is 233 g/mol. The second-order valence-electron chi connectivity index (χ2n) is 2.45. The summed E-state index contributed by atoms with van der Waals surface area (Å²) in [5, 5.41) is 8.68. The van der Waals surface area contributed by atoms with Crippen LogP contribution < -0.4 is 5.73 Å². The van der Waals surface area contributed by atoms with Gasteiger partial charge < -0.3 is 10.8 Å². The van der Waals surface area contributed by atoms with Crippen LogP contribution in [0.3, 0.4) is 0 Å². The Hall–Kier alpha value is -0.450. The Balaban J connectivity index is 3.01. The summed E-state index contributed by atoms with van der Waals surface area (Å²) < 4.78 is 13.7. The number of nitrogens with two attached hydrogens (primary N) is 1. The number of aliphatic hydroxyl groups excluding tert-OH is 1. The molecule has 0 saturated carbocycles. The molecule has 0 heterocycles. The lowest BCUT2D eigenvalue weighted by atomic mass is 10.1. The van der Waals surface area contributed by atoms with Crippen LogP contribution in [0.15, 0.2) is 22.7 Å². The van der Waals surface area contributed by atoms with E-state index in [1.807, 2.05) is 0 Å². The molecule has 12 heavy (non-hydrogen) atoms. The molecule has 0 spiro atoms. The Bertz CT molecular complexity index is 280. The van der Waals surface area contributed by atoms with Crippen LogP contribution in [0.1, 0.15) is 11.6 Å². The van der Waals surface area contributed by atoms with Crippen LogP contribution in [-0.4, -0.2) is 11.7 Å². The van der Waals surface area contributed by atoms with Crippen molar-refractivity contribution in [3.63, 3.8) is 0 Å². The Morgan fingerprint density at radius 1 is 1.58 bits per heavy atom. The second-order valence-corrected chi connectivity index (χ2v) is 3.37. The first-order valence-electron chi connectivity index (χ1n) is 3.46. The Morgan fingerprint density at radius 2 is 2.25 bits per heavy atom. The van der Waals surface area contributed by atoms with Gasteiger partial charge in [0.1, 0.15) is 5.82 Å². The van der Waals surface area contributed by atoms with Gasteiger partial charge in [0.05, 0.1) is 12.6 Å². The summed E-state index contributed by atoms with van der Waals surface area (Å²) in [4.78, 5) is 0. The Morgan fingerprint density at radius 3 is 2.75 bits per heavy atom. The fraction of sp³-hybridized carbons (Fsp3) is 0.250. The first-order valence-corrected chi connectivity index (χ1v) is 4.26. The van der Waals surface area contributed by atoms with Crippen molar-refractivity contribution in [2.45, 2.75) is 6.04 Å². The highest BCUT2D eigenvalue weighted by molar-refractivity contribution is 9.10. The molecule has 4 heteroatoms. The van der Waals surface area contributed by atoms with E-state index in [2.05, 4.69) is 15.9 Å². The van der Waals surface area contributed by atoms with Gasteiger partial charge in [-0.1, -0.05) is 22.0 Å². The van der Waals surface area contributed by atoms with Crippen molar-refractivity contribution in [1.29, 1.82) is 0 Å². The van der Waals surface area contributed by atoms with Crippen molar-refractivity contribution in [2.24, 2.45) is 5.73 Å². The standard InChI is InChI=1S/C8H9BrFNO/c9-5-1-2-6(7(10)3-5)8(11)4-12/h1-3,8,12H,4,11H2. The molecule has 0 bridgehead atoms. The highest BCUT2D eigenvalue weighted by Crippen LogP contribution is 2.19. The highest BCUT2D eigenvalue weighted by Gasteiger charge is 2.09. The van der Waals surface area contributed by atoms with Crippen molar-refractivity contribution in [3.8, 4) is 0 Å². The number of hydrogen-bond donors (Lipinski definition) is 2. The molecule has 0 radical (unpaired) electrons. The van der Waals surface area contributed by atoms with Gasteiger partial charge in [-0.3, -0.25) is 0 Å². The van der Waals surface area contributed by atoms with Gasteiger partial charge in [0.2, 0.25) is 0 Å². The molecule has 2 nitrogen and oxygen atoms in total. The molecule has 66 valence electrons. The number of hydrogen-bond acceptors (Lipinski definition) is 2. The van der Waals surface area contributed by atoms with Crippen molar-refractivity contribution < 1.29 is 9.50 Å². The molecule has 0 fully saturated rings. The normalized spacial score (nSPS) is 13.0.